The molecule has 0 spiro atoms. The van der Waals surface area contributed by atoms with Crippen LogP contribution in [0.4, 0.5) is 5.00 Å². The highest BCUT2D eigenvalue weighted by Gasteiger charge is 2.35. The number of nitrogens with one attached hydrogen (secondary N) is 1. The number of nitrogens with zero attached hydrogens (tertiary/aromatic N) is 3. The zero-order valence-electron chi connectivity index (χ0n) is 14.8. The fourth-order valence-electron chi connectivity index (χ4n) is 3.57. The first-order valence-corrected chi connectivity index (χ1v) is 9.59. The summed E-state index contributed by atoms with van der Waals surface area (Å²) in [4.78, 5) is 29.8. The molecule has 2 heterocycles. The number of nitriles is 1. The number of hydrogen-bond donors (Lipinski definition) is 1. The number of likely N-dealkylation sites (tertiary alicyclic amines) is 1. The molecule has 7 heteroatoms. The van der Waals surface area contributed by atoms with E-state index >= 15 is 0 Å². The van der Waals surface area contributed by atoms with Crippen LogP contribution in [0.2, 0.25) is 0 Å². The van der Waals surface area contributed by atoms with E-state index in [-0.39, 0.29) is 24.2 Å². The zero-order chi connectivity index (χ0) is 18.0. The summed E-state index contributed by atoms with van der Waals surface area (Å²) in [5, 5.41) is 13.0. The lowest BCUT2D eigenvalue weighted by Crippen LogP contribution is -2.30. The van der Waals surface area contributed by atoms with Gasteiger partial charge < -0.3 is 15.1 Å². The van der Waals surface area contributed by atoms with E-state index in [1.165, 1.54) is 16.2 Å². The molecule has 1 aromatic rings. The number of amides is 2. The van der Waals surface area contributed by atoms with Gasteiger partial charge >= 0.3 is 0 Å². The number of carbonyl (C=O) groups is 2. The molecule has 1 aromatic heterocycles. The maximum Gasteiger partial charge on any atom is 0.230 e. The summed E-state index contributed by atoms with van der Waals surface area (Å²) >= 11 is 1.52. The molecule has 1 atom stereocenters. The van der Waals surface area contributed by atoms with Gasteiger partial charge in [-0.1, -0.05) is 0 Å². The normalized spacial score (nSPS) is 19.4. The van der Waals surface area contributed by atoms with Crippen molar-refractivity contribution >= 4 is 28.2 Å². The number of anilines is 1. The summed E-state index contributed by atoms with van der Waals surface area (Å²) < 4.78 is 0. The Morgan fingerprint density at radius 2 is 2.24 bits per heavy atom. The highest BCUT2D eigenvalue weighted by atomic mass is 32.1. The molecule has 3 rings (SSSR count). The molecule has 0 aromatic carbocycles. The third kappa shape index (κ3) is 3.86. The predicted molar refractivity (Wildman–Crippen MR) is 97.5 cm³/mol. The van der Waals surface area contributed by atoms with Crippen molar-refractivity contribution in [2.45, 2.75) is 32.1 Å². The van der Waals surface area contributed by atoms with Gasteiger partial charge in [0.15, 0.2) is 0 Å². The van der Waals surface area contributed by atoms with E-state index in [1.54, 1.807) is 4.90 Å². The number of hydrogen-bond acceptors (Lipinski definition) is 5. The number of carbonyl (C=O) groups excluding carboxylic acids is 2. The highest BCUT2D eigenvalue weighted by molar-refractivity contribution is 7.16. The van der Waals surface area contributed by atoms with Gasteiger partial charge in [0.25, 0.3) is 0 Å². The first-order chi connectivity index (χ1) is 12.0. The summed E-state index contributed by atoms with van der Waals surface area (Å²) in [6, 6.07) is 2.24. The molecule has 0 bridgehead atoms. The Kier molecular flexibility index (Phi) is 5.40. The molecule has 1 fully saturated rings. The molecule has 0 saturated carbocycles. The molecular weight excluding hydrogens is 336 g/mol. The predicted octanol–water partition coefficient (Wildman–Crippen LogP) is 1.85. The number of fused-ring (bicyclic) bond motifs is 1. The maximum atomic E-state index is 12.6. The third-order valence-electron chi connectivity index (χ3n) is 4.89. The Labute approximate surface area is 152 Å². The van der Waals surface area contributed by atoms with Gasteiger partial charge in [-0.25, -0.2) is 0 Å². The fourth-order valence-corrected chi connectivity index (χ4v) is 4.81. The van der Waals surface area contributed by atoms with Gasteiger partial charge in [-0.15, -0.1) is 11.3 Å². The van der Waals surface area contributed by atoms with Crippen LogP contribution in [-0.4, -0.2) is 55.3 Å². The second-order valence-electron chi connectivity index (χ2n) is 7.06. The minimum absolute atomic E-state index is 0.0492. The van der Waals surface area contributed by atoms with Crippen molar-refractivity contribution in [2.75, 3.05) is 39.0 Å². The molecule has 1 saturated heterocycles. The van der Waals surface area contributed by atoms with E-state index in [4.69, 9.17) is 0 Å². The second-order valence-corrected chi connectivity index (χ2v) is 8.17. The van der Waals surface area contributed by atoms with E-state index < -0.39 is 0 Å². The lowest BCUT2D eigenvalue weighted by atomic mass is 10.1. The maximum absolute atomic E-state index is 12.6. The van der Waals surface area contributed by atoms with Gasteiger partial charge in [-0.2, -0.15) is 5.26 Å². The van der Waals surface area contributed by atoms with E-state index in [2.05, 4.69) is 16.3 Å². The SMILES string of the molecule is CN(C)CCCN1CC(C(=O)Nc2sc3c(c2C#N)CCC3)CC1=O. The summed E-state index contributed by atoms with van der Waals surface area (Å²) in [5.41, 5.74) is 1.73. The van der Waals surface area contributed by atoms with Gasteiger partial charge in [-0.05, 0) is 51.9 Å². The van der Waals surface area contributed by atoms with Crippen molar-refractivity contribution < 1.29 is 9.59 Å². The van der Waals surface area contributed by atoms with Crippen LogP contribution in [0.25, 0.3) is 0 Å². The van der Waals surface area contributed by atoms with Crippen LogP contribution in [0.15, 0.2) is 0 Å². The average Bonchev–Trinajstić information content (AvgIpc) is 3.22. The minimum Gasteiger partial charge on any atom is -0.342 e. The van der Waals surface area contributed by atoms with Gasteiger partial charge in [0.2, 0.25) is 11.8 Å². The number of thiophene rings is 1. The van der Waals surface area contributed by atoms with Crippen molar-refractivity contribution in [3.8, 4) is 6.07 Å². The molecule has 2 aliphatic rings. The highest BCUT2D eigenvalue weighted by Crippen LogP contribution is 2.38. The van der Waals surface area contributed by atoms with Crippen LogP contribution in [0.5, 0.6) is 0 Å². The first-order valence-electron chi connectivity index (χ1n) is 8.77. The van der Waals surface area contributed by atoms with Crippen molar-refractivity contribution in [1.29, 1.82) is 5.26 Å². The summed E-state index contributed by atoms with van der Waals surface area (Å²) in [5.74, 6) is -0.414. The molecule has 2 amide bonds. The van der Waals surface area contributed by atoms with Crippen LogP contribution in [0.1, 0.15) is 35.3 Å². The van der Waals surface area contributed by atoms with Crippen LogP contribution < -0.4 is 5.32 Å². The van der Waals surface area contributed by atoms with Crippen LogP contribution >= 0.6 is 11.3 Å². The van der Waals surface area contributed by atoms with Gasteiger partial charge in [0.05, 0.1) is 11.5 Å². The van der Waals surface area contributed by atoms with Crippen LogP contribution in [0, 0.1) is 17.2 Å². The van der Waals surface area contributed by atoms with Crippen LogP contribution in [0.3, 0.4) is 0 Å². The van der Waals surface area contributed by atoms with E-state index in [0.29, 0.717) is 23.7 Å². The Morgan fingerprint density at radius 3 is 2.96 bits per heavy atom. The van der Waals surface area contributed by atoms with Crippen LogP contribution in [-0.2, 0) is 22.4 Å². The van der Waals surface area contributed by atoms with Gasteiger partial charge in [0.1, 0.15) is 11.1 Å². The lowest BCUT2D eigenvalue weighted by Gasteiger charge is -2.18. The lowest BCUT2D eigenvalue weighted by molar-refractivity contribution is -0.128. The number of aryl methyl sites for hydroxylation is 1. The Bertz CT molecular complexity index is 719. The summed E-state index contributed by atoms with van der Waals surface area (Å²) in [6.45, 7) is 2.09. The third-order valence-corrected chi connectivity index (χ3v) is 6.10. The largest absolute Gasteiger partial charge is 0.342 e. The molecule has 1 aliphatic carbocycles. The molecule has 0 radical (unpaired) electrons. The Balaban J connectivity index is 1.59. The molecule has 1 N–H and O–H groups in total. The van der Waals surface area contributed by atoms with E-state index in [9.17, 15) is 14.9 Å². The van der Waals surface area contributed by atoms with Gasteiger partial charge in [0, 0.05) is 24.4 Å². The summed E-state index contributed by atoms with van der Waals surface area (Å²) in [6.07, 6.45) is 4.17. The van der Waals surface area contributed by atoms with E-state index in [1.807, 2.05) is 14.1 Å². The molecular formula is C18H24N4O2S. The Hall–Kier alpha value is -1.91. The van der Waals surface area contributed by atoms with Crippen molar-refractivity contribution in [3.63, 3.8) is 0 Å². The standard InChI is InChI=1S/C18H24N4O2S/c1-21(2)7-4-8-22-11-12(9-16(22)23)17(24)20-18-14(10-19)13-5-3-6-15(13)25-18/h12H,3-9,11H2,1-2H3,(H,20,24). The van der Waals surface area contributed by atoms with Crippen molar-refractivity contribution in [3.05, 3.63) is 16.0 Å². The second kappa shape index (κ2) is 7.54. The fraction of sp³-hybridized carbons (Fsp3) is 0.611. The van der Waals surface area contributed by atoms with Crippen molar-refractivity contribution in [2.24, 2.45) is 5.92 Å². The molecule has 1 aliphatic heterocycles. The molecule has 6 nitrogen and oxygen atoms in total. The smallest absolute Gasteiger partial charge is 0.230 e. The molecule has 134 valence electrons. The summed E-state index contributed by atoms with van der Waals surface area (Å²) in [7, 11) is 4.01. The van der Waals surface area contributed by atoms with Gasteiger partial charge in [-0.3, -0.25) is 9.59 Å². The number of rotatable bonds is 6. The topological polar surface area (TPSA) is 76.4 Å². The van der Waals surface area contributed by atoms with E-state index in [0.717, 1.165) is 37.8 Å². The molecule has 25 heavy (non-hydrogen) atoms. The van der Waals surface area contributed by atoms with Crippen molar-refractivity contribution in [1.82, 2.24) is 9.80 Å². The molecule has 1 unspecified atom stereocenters. The monoisotopic (exact) mass is 360 g/mol. The Morgan fingerprint density at radius 1 is 1.44 bits per heavy atom. The average molecular weight is 360 g/mol. The quantitative estimate of drug-likeness (QED) is 0.840. The first kappa shape index (κ1) is 17.9. The zero-order valence-corrected chi connectivity index (χ0v) is 15.6. The minimum atomic E-state index is -0.324.